The molecule has 1 N–H and O–H groups in total. The zero-order chi connectivity index (χ0) is 13.5. The molecule has 0 heterocycles. The highest BCUT2D eigenvalue weighted by atomic mass is 35.5. The van der Waals surface area contributed by atoms with Crippen LogP contribution in [0.15, 0.2) is 18.2 Å². The van der Waals surface area contributed by atoms with E-state index in [0.717, 1.165) is 0 Å². The van der Waals surface area contributed by atoms with Crippen LogP contribution in [-0.4, -0.2) is 37.4 Å². The van der Waals surface area contributed by atoms with Crippen molar-refractivity contribution in [3.8, 4) is 0 Å². The Morgan fingerprint density at radius 3 is 2.72 bits per heavy atom. The van der Waals surface area contributed by atoms with E-state index in [4.69, 9.17) is 16.3 Å². The number of carboxylic acids is 1. The lowest BCUT2D eigenvalue weighted by Gasteiger charge is -2.24. The van der Waals surface area contributed by atoms with Gasteiger partial charge in [-0.05, 0) is 26.0 Å². The number of ether oxygens (including phenoxy) is 1. The lowest BCUT2D eigenvalue weighted by atomic mass is 10.1. The first-order chi connectivity index (χ1) is 8.61. The van der Waals surface area contributed by atoms with Crippen molar-refractivity contribution in [2.24, 2.45) is 0 Å². The quantitative estimate of drug-likeness (QED) is 0.775. The van der Waals surface area contributed by atoms with Gasteiger partial charge in [0.25, 0.3) is 0 Å². The average molecular weight is 272 g/mol. The maximum absolute atomic E-state index is 11.3. The predicted octanol–water partition coefficient (Wildman–Crippen LogP) is 2.90. The smallest absolute Gasteiger partial charge is 0.339 e. The van der Waals surface area contributed by atoms with Gasteiger partial charge in [-0.2, -0.15) is 0 Å². The van der Waals surface area contributed by atoms with Crippen LogP contribution < -0.4 is 4.90 Å². The molecule has 0 aliphatic rings. The Balaban J connectivity index is 2.98. The average Bonchev–Trinajstić information content (AvgIpc) is 2.34. The summed E-state index contributed by atoms with van der Waals surface area (Å²) in [4.78, 5) is 13.2. The second kappa shape index (κ2) is 7.24. The van der Waals surface area contributed by atoms with E-state index in [-0.39, 0.29) is 10.6 Å². The molecule has 0 atom stereocenters. The molecule has 0 aromatic heterocycles. The molecule has 5 heteroatoms. The molecule has 0 radical (unpaired) electrons. The normalized spacial score (nSPS) is 10.4. The fourth-order valence-corrected chi connectivity index (χ4v) is 2.01. The molecule has 0 fully saturated rings. The Labute approximate surface area is 112 Å². The van der Waals surface area contributed by atoms with Crippen LogP contribution in [0.1, 0.15) is 24.2 Å². The van der Waals surface area contributed by atoms with Gasteiger partial charge in [-0.3, -0.25) is 0 Å². The third kappa shape index (κ3) is 3.62. The van der Waals surface area contributed by atoms with Crippen LogP contribution in [0.25, 0.3) is 0 Å². The van der Waals surface area contributed by atoms with Gasteiger partial charge in [0.1, 0.15) is 5.56 Å². The highest BCUT2D eigenvalue weighted by Gasteiger charge is 2.18. The number of aromatic carboxylic acids is 1. The van der Waals surface area contributed by atoms with Crippen molar-refractivity contribution in [1.29, 1.82) is 0 Å². The molecular weight excluding hydrogens is 254 g/mol. The first-order valence-corrected chi connectivity index (χ1v) is 6.34. The number of rotatable bonds is 7. The van der Waals surface area contributed by atoms with Crippen molar-refractivity contribution in [3.05, 3.63) is 28.8 Å². The second-order valence-corrected chi connectivity index (χ2v) is 4.12. The van der Waals surface area contributed by atoms with E-state index in [9.17, 15) is 9.90 Å². The van der Waals surface area contributed by atoms with E-state index in [2.05, 4.69) is 0 Å². The van der Waals surface area contributed by atoms with Crippen LogP contribution in [0.5, 0.6) is 0 Å². The molecule has 0 amide bonds. The summed E-state index contributed by atoms with van der Waals surface area (Å²) in [5, 5.41) is 9.48. The number of anilines is 1. The van der Waals surface area contributed by atoms with E-state index in [0.29, 0.717) is 32.0 Å². The Morgan fingerprint density at radius 1 is 1.44 bits per heavy atom. The number of carboxylic acid groups (broad SMARTS) is 1. The first kappa shape index (κ1) is 14.8. The van der Waals surface area contributed by atoms with Crippen LogP contribution in [-0.2, 0) is 4.74 Å². The van der Waals surface area contributed by atoms with Crippen molar-refractivity contribution >= 4 is 23.3 Å². The molecule has 1 rings (SSSR count). The fraction of sp³-hybridized carbons (Fsp3) is 0.462. The zero-order valence-electron chi connectivity index (χ0n) is 10.6. The third-order valence-corrected chi connectivity index (χ3v) is 2.95. The SMILES string of the molecule is CCOCCN(CC)c1cccc(Cl)c1C(=O)O. The monoisotopic (exact) mass is 271 g/mol. The van der Waals surface area contributed by atoms with Crippen molar-refractivity contribution in [1.82, 2.24) is 0 Å². The molecule has 1 aromatic rings. The highest BCUT2D eigenvalue weighted by Crippen LogP contribution is 2.27. The zero-order valence-corrected chi connectivity index (χ0v) is 11.4. The molecule has 0 bridgehead atoms. The highest BCUT2D eigenvalue weighted by molar-refractivity contribution is 6.34. The molecule has 18 heavy (non-hydrogen) atoms. The Bertz CT molecular complexity index is 409. The van der Waals surface area contributed by atoms with Crippen LogP contribution in [0, 0.1) is 0 Å². The number of benzene rings is 1. The number of nitrogens with zero attached hydrogens (tertiary/aromatic N) is 1. The molecule has 0 saturated carbocycles. The van der Waals surface area contributed by atoms with Gasteiger partial charge in [-0.25, -0.2) is 4.79 Å². The minimum atomic E-state index is -1.01. The van der Waals surface area contributed by atoms with E-state index >= 15 is 0 Å². The van der Waals surface area contributed by atoms with Gasteiger partial charge in [-0.1, -0.05) is 17.7 Å². The first-order valence-electron chi connectivity index (χ1n) is 5.96. The molecule has 0 spiro atoms. The molecule has 0 aliphatic carbocycles. The summed E-state index contributed by atoms with van der Waals surface area (Å²) >= 11 is 5.95. The summed E-state index contributed by atoms with van der Waals surface area (Å²) < 4.78 is 5.30. The number of hydrogen-bond donors (Lipinski definition) is 1. The van der Waals surface area contributed by atoms with E-state index in [1.807, 2.05) is 18.7 Å². The second-order valence-electron chi connectivity index (χ2n) is 3.72. The lowest BCUT2D eigenvalue weighted by molar-refractivity contribution is 0.0697. The van der Waals surface area contributed by atoms with E-state index in [1.165, 1.54) is 0 Å². The van der Waals surface area contributed by atoms with Crippen molar-refractivity contribution in [3.63, 3.8) is 0 Å². The number of carbonyl (C=O) groups is 1. The van der Waals surface area contributed by atoms with Crippen LogP contribution in [0.2, 0.25) is 5.02 Å². The third-order valence-electron chi connectivity index (χ3n) is 2.64. The minimum absolute atomic E-state index is 0.150. The lowest BCUT2D eigenvalue weighted by Crippen LogP contribution is -2.28. The largest absolute Gasteiger partial charge is 0.478 e. The Morgan fingerprint density at radius 2 is 2.17 bits per heavy atom. The molecule has 100 valence electrons. The van der Waals surface area contributed by atoms with Crippen molar-refractivity contribution < 1.29 is 14.6 Å². The molecular formula is C13H18ClNO3. The summed E-state index contributed by atoms with van der Waals surface area (Å²) in [5.41, 5.74) is 0.787. The number of likely N-dealkylation sites (N-methyl/N-ethyl adjacent to an activating group) is 1. The maximum atomic E-state index is 11.3. The topological polar surface area (TPSA) is 49.8 Å². The van der Waals surface area contributed by atoms with Crippen molar-refractivity contribution in [2.45, 2.75) is 13.8 Å². The van der Waals surface area contributed by atoms with Crippen LogP contribution in [0.3, 0.4) is 0 Å². The van der Waals surface area contributed by atoms with Gasteiger partial charge >= 0.3 is 5.97 Å². The van der Waals surface area contributed by atoms with E-state index in [1.54, 1.807) is 18.2 Å². The molecule has 4 nitrogen and oxygen atoms in total. The van der Waals surface area contributed by atoms with Crippen LogP contribution in [0.4, 0.5) is 5.69 Å². The molecule has 1 aromatic carbocycles. The Hall–Kier alpha value is -1.26. The van der Waals surface area contributed by atoms with Gasteiger partial charge in [0.2, 0.25) is 0 Å². The number of hydrogen-bond acceptors (Lipinski definition) is 3. The maximum Gasteiger partial charge on any atom is 0.339 e. The summed E-state index contributed by atoms with van der Waals surface area (Å²) in [5.74, 6) is -1.01. The molecule has 0 aliphatic heterocycles. The summed E-state index contributed by atoms with van der Waals surface area (Å²) in [7, 11) is 0. The van der Waals surface area contributed by atoms with Gasteiger partial charge < -0.3 is 14.7 Å². The van der Waals surface area contributed by atoms with Gasteiger partial charge in [-0.15, -0.1) is 0 Å². The molecule has 0 unspecified atom stereocenters. The number of halogens is 1. The van der Waals surface area contributed by atoms with Crippen molar-refractivity contribution in [2.75, 3.05) is 31.2 Å². The minimum Gasteiger partial charge on any atom is -0.478 e. The van der Waals surface area contributed by atoms with E-state index < -0.39 is 5.97 Å². The summed E-state index contributed by atoms with van der Waals surface area (Å²) in [6, 6.07) is 5.11. The predicted molar refractivity (Wildman–Crippen MR) is 72.8 cm³/mol. The Kier molecular flexibility index (Phi) is 5.95. The van der Waals surface area contributed by atoms with Crippen LogP contribution >= 0.6 is 11.6 Å². The summed E-state index contributed by atoms with van der Waals surface area (Å²) in [6.07, 6.45) is 0. The van der Waals surface area contributed by atoms with Gasteiger partial charge in [0.05, 0.1) is 17.3 Å². The molecule has 0 saturated heterocycles. The van der Waals surface area contributed by atoms with Gasteiger partial charge in [0, 0.05) is 19.7 Å². The fourth-order valence-electron chi connectivity index (χ4n) is 1.76. The van der Waals surface area contributed by atoms with Gasteiger partial charge in [0.15, 0.2) is 0 Å². The standard InChI is InChI=1S/C13H18ClNO3/c1-3-15(8-9-18-4-2)11-7-5-6-10(14)12(11)13(16)17/h5-7H,3-4,8-9H2,1-2H3,(H,16,17). The summed E-state index contributed by atoms with van der Waals surface area (Å²) in [6.45, 7) is 6.46.